The maximum Gasteiger partial charge on any atom is 0.233 e. The lowest BCUT2D eigenvalue weighted by atomic mass is 9.95. The molecule has 2 atom stereocenters. The molecule has 0 aliphatic carbocycles. The second-order valence-electron chi connectivity index (χ2n) is 7.27. The van der Waals surface area contributed by atoms with E-state index in [1.165, 1.54) is 0 Å². The van der Waals surface area contributed by atoms with Gasteiger partial charge >= 0.3 is 0 Å². The molecular weight excluding hydrogens is 356 g/mol. The van der Waals surface area contributed by atoms with Crippen LogP contribution in [0.2, 0.25) is 0 Å². The van der Waals surface area contributed by atoms with E-state index in [2.05, 4.69) is 27.2 Å². The maximum atomic E-state index is 13.2. The van der Waals surface area contributed by atoms with Gasteiger partial charge in [-0.25, -0.2) is 0 Å². The van der Waals surface area contributed by atoms with Crippen LogP contribution in [-0.2, 0) is 9.53 Å². The van der Waals surface area contributed by atoms with Gasteiger partial charge in [-0.2, -0.15) is 0 Å². The number of nitrogens with zero attached hydrogens (tertiary/aromatic N) is 4. The number of carbonyl (C=O) groups excluding carboxylic acids is 1. The van der Waals surface area contributed by atoms with Crippen molar-refractivity contribution >= 4 is 11.7 Å². The average Bonchev–Trinajstić information content (AvgIpc) is 2.79. The lowest BCUT2D eigenvalue weighted by Crippen LogP contribution is -2.49. The van der Waals surface area contributed by atoms with Crippen molar-refractivity contribution in [3.05, 3.63) is 48.0 Å². The molecule has 2 aromatic rings. The Balaban J connectivity index is 1.40. The van der Waals surface area contributed by atoms with Crippen LogP contribution in [0.3, 0.4) is 0 Å². The van der Waals surface area contributed by atoms with Crippen molar-refractivity contribution in [3.8, 4) is 5.88 Å². The highest BCUT2D eigenvalue weighted by molar-refractivity contribution is 5.80. The highest BCUT2D eigenvalue weighted by atomic mass is 16.5. The zero-order chi connectivity index (χ0) is 19.3. The van der Waals surface area contributed by atoms with Gasteiger partial charge < -0.3 is 19.3 Å². The van der Waals surface area contributed by atoms with Gasteiger partial charge in [0, 0.05) is 25.7 Å². The second kappa shape index (κ2) is 8.56. The number of methoxy groups -OCH3 is 1. The van der Waals surface area contributed by atoms with Crippen LogP contribution in [0.5, 0.6) is 5.88 Å². The van der Waals surface area contributed by atoms with Crippen molar-refractivity contribution < 1.29 is 14.3 Å². The van der Waals surface area contributed by atoms with Gasteiger partial charge in [-0.15, -0.1) is 10.2 Å². The molecule has 2 aliphatic rings. The van der Waals surface area contributed by atoms with Crippen molar-refractivity contribution in [2.24, 2.45) is 5.92 Å². The van der Waals surface area contributed by atoms with E-state index >= 15 is 0 Å². The summed E-state index contributed by atoms with van der Waals surface area (Å²) < 4.78 is 11.0. The number of hydrogen-bond acceptors (Lipinski definition) is 6. The van der Waals surface area contributed by atoms with Crippen LogP contribution in [-0.4, -0.2) is 60.9 Å². The smallest absolute Gasteiger partial charge is 0.233 e. The topological polar surface area (TPSA) is 67.8 Å². The highest BCUT2D eigenvalue weighted by Gasteiger charge is 2.33. The van der Waals surface area contributed by atoms with Crippen LogP contribution >= 0.6 is 0 Å². The van der Waals surface area contributed by atoms with Gasteiger partial charge in [0.25, 0.3) is 0 Å². The Kier molecular flexibility index (Phi) is 5.71. The van der Waals surface area contributed by atoms with Gasteiger partial charge in [0.15, 0.2) is 5.82 Å². The van der Waals surface area contributed by atoms with Crippen LogP contribution in [0.4, 0.5) is 5.82 Å². The van der Waals surface area contributed by atoms with Crippen LogP contribution in [0.25, 0.3) is 0 Å². The van der Waals surface area contributed by atoms with Crippen LogP contribution < -0.4 is 9.64 Å². The molecule has 148 valence electrons. The molecule has 0 spiro atoms. The van der Waals surface area contributed by atoms with Gasteiger partial charge in [0.05, 0.1) is 26.2 Å². The van der Waals surface area contributed by atoms with E-state index in [9.17, 15) is 4.79 Å². The molecule has 0 bridgehead atoms. The molecule has 7 nitrogen and oxygen atoms in total. The van der Waals surface area contributed by atoms with Crippen molar-refractivity contribution in [2.75, 3.05) is 44.8 Å². The predicted molar refractivity (Wildman–Crippen MR) is 105 cm³/mol. The Morgan fingerprint density at radius 3 is 2.71 bits per heavy atom. The number of hydrogen-bond donors (Lipinski definition) is 0. The number of morpholine rings is 1. The number of amides is 1. The first-order valence-corrected chi connectivity index (χ1v) is 9.82. The lowest BCUT2D eigenvalue weighted by molar-refractivity contribution is -0.143. The molecule has 2 fully saturated rings. The molecule has 28 heavy (non-hydrogen) atoms. The van der Waals surface area contributed by atoms with Gasteiger partial charge in [0.1, 0.15) is 6.10 Å². The SMILES string of the molecule is COc1ccc(N2CCC[C@@H](C(=O)N3CCO[C@@H](c4ccccc4)C3)C2)nn1. The molecular formula is C21H26N4O3. The zero-order valence-corrected chi connectivity index (χ0v) is 16.2. The monoisotopic (exact) mass is 382 g/mol. The summed E-state index contributed by atoms with van der Waals surface area (Å²) in [7, 11) is 1.57. The number of benzene rings is 1. The third kappa shape index (κ3) is 4.09. The van der Waals surface area contributed by atoms with Gasteiger partial charge in [-0.3, -0.25) is 4.79 Å². The summed E-state index contributed by atoms with van der Waals surface area (Å²) in [6, 6.07) is 13.8. The summed E-state index contributed by atoms with van der Waals surface area (Å²) in [5.41, 5.74) is 1.12. The van der Waals surface area contributed by atoms with Gasteiger partial charge in [0.2, 0.25) is 11.8 Å². The summed E-state index contributed by atoms with van der Waals surface area (Å²) >= 11 is 0. The Morgan fingerprint density at radius 1 is 1.11 bits per heavy atom. The van der Waals surface area contributed by atoms with E-state index in [1.807, 2.05) is 29.2 Å². The Bertz CT molecular complexity index is 784. The van der Waals surface area contributed by atoms with Crippen molar-refractivity contribution in [2.45, 2.75) is 18.9 Å². The number of piperidine rings is 1. The minimum atomic E-state index is -0.0500. The van der Waals surface area contributed by atoms with Crippen LogP contribution in [0.1, 0.15) is 24.5 Å². The van der Waals surface area contributed by atoms with E-state index in [0.717, 1.165) is 30.8 Å². The second-order valence-corrected chi connectivity index (χ2v) is 7.27. The summed E-state index contributed by atoms with van der Waals surface area (Å²) in [5, 5.41) is 8.29. The summed E-state index contributed by atoms with van der Waals surface area (Å²) in [6.45, 7) is 3.40. The zero-order valence-electron chi connectivity index (χ0n) is 16.2. The van der Waals surface area contributed by atoms with Crippen LogP contribution in [0.15, 0.2) is 42.5 Å². The maximum absolute atomic E-state index is 13.2. The summed E-state index contributed by atoms with van der Waals surface area (Å²) in [4.78, 5) is 17.3. The number of carbonyl (C=O) groups is 1. The number of rotatable bonds is 4. The largest absolute Gasteiger partial charge is 0.480 e. The lowest BCUT2D eigenvalue weighted by Gasteiger charge is -2.38. The fourth-order valence-electron chi connectivity index (χ4n) is 3.95. The molecule has 2 aliphatic heterocycles. The van der Waals surface area contributed by atoms with E-state index in [0.29, 0.717) is 32.1 Å². The number of aromatic nitrogens is 2. The summed E-state index contributed by atoms with van der Waals surface area (Å²) in [5.74, 6) is 1.48. The fraction of sp³-hybridized carbons (Fsp3) is 0.476. The molecule has 3 heterocycles. The molecule has 0 unspecified atom stereocenters. The molecule has 1 aromatic carbocycles. The first-order chi connectivity index (χ1) is 13.7. The highest BCUT2D eigenvalue weighted by Crippen LogP contribution is 2.27. The predicted octanol–water partition coefficient (Wildman–Crippen LogP) is 2.30. The van der Waals surface area contributed by atoms with Crippen molar-refractivity contribution in [1.29, 1.82) is 0 Å². The quantitative estimate of drug-likeness (QED) is 0.808. The van der Waals surface area contributed by atoms with Crippen molar-refractivity contribution in [1.82, 2.24) is 15.1 Å². The van der Waals surface area contributed by atoms with E-state index in [-0.39, 0.29) is 17.9 Å². The van der Waals surface area contributed by atoms with E-state index < -0.39 is 0 Å². The first-order valence-electron chi connectivity index (χ1n) is 9.82. The third-order valence-corrected chi connectivity index (χ3v) is 5.48. The normalized spacial score (nSPS) is 22.8. The van der Waals surface area contributed by atoms with E-state index in [1.54, 1.807) is 13.2 Å². The van der Waals surface area contributed by atoms with E-state index in [4.69, 9.17) is 9.47 Å². The molecule has 0 saturated carbocycles. The molecule has 4 rings (SSSR count). The minimum absolute atomic E-state index is 0.0211. The third-order valence-electron chi connectivity index (χ3n) is 5.48. The van der Waals surface area contributed by atoms with Gasteiger partial charge in [-0.05, 0) is 24.5 Å². The average molecular weight is 382 g/mol. The summed E-state index contributed by atoms with van der Waals surface area (Å²) in [6.07, 6.45) is 1.83. The number of anilines is 1. The molecule has 0 radical (unpaired) electrons. The molecule has 2 saturated heterocycles. The van der Waals surface area contributed by atoms with Crippen molar-refractivity contribution in [3.63, 3.8) is 0 Å². The number of ether oxygens (including phenoxy) is 2. The first kappa shape index (κ1) is 18.7. The molecule has 7 heteroatoms. The van der Waals surface area contributed by atoms with Gasteiger partial charge in [-0.1, -0.05) is 30.3 Å². The Morgan fingerprint density at radius 2 is 1.96 bits per heavy atom. The molecule has 1 amide bonds. The Hall–Kier alpha value is -2.67. The minimum Gasteiger partial charge on any atom is -0.480 e. The molecule has 1 aromatic heterocycles. The standard InChI is InChI=1S/C21H26N4O3/c1-27-20-10-9-19(22-23-20)24-11-5-8-17(14-24)21(26)25-12-13-28-18(15-25)16-6-3-2-4-7-16/h2-4,6-7,9-10,17-18H,5,8,11-15H2,1H3/t17-,18-/m1/s1. The molecule has 0 N–H and O–H groups in total. The van der Waals surface area contributed by atoms with Crippen LogP contribution in [0, 0.1) is 5.92 Å². The Labute approximate surface area is 165 Å². The fourth-order valence-corrected chi connectivity index (χ4v) is 3.95.